The molecule has 2 rings (SSSR count). The topological polar surface area (TPSA) is 15.7 Å². The first-order valence-electron chi connectivity index (χ1n) is 8.19. The van der Waals surface area contributed by atoms with Crippen LogP contribution in [0.5, 0.6) is 0 Å². The Morgan fingerprint density at radius 1 is 1.04 bits per heavy atom. The summed E-state index contributed by atoms with van der Waals surface area (Å²) >= 11 is 0. The van der Waals surface area contributed by atoms with Crippen molar-refractivity contribution in [1.82, 2.24) is 9.80 Å². The summed E-state index contributed by atoms with van der Waals surface area (Å²) in [7, 11) is 0. The molecule has 0 bridgehead atoms. The summed E-state index contributed by atoms with van der Waals surface area (Å²) in [4.78, 5) is 3.23. The van der Waals surface area contributed by atoms with Gasteiger partial charge in [-0.15, -0.1) is 13.2 Å². The molecule has 2 aliphatic rings. The van der Waals surface area contributed by atoms with Crippen LogP contribution in [0.1, 0.15) is 33.6 Å². The molecule has 3 unspecified atom stereocenters. The Hall–Kier alpha value is -0.540. The second-order valence-electron chi connectivity index (χ2n) is 7.09. The van der Waals surface area contributed by atoms with E-state index < -0.39 is 30.6 Å². The molecule has 0 N–H and O–H groups in total. The molecular formula is C15H24F6N2O. The summed E-state index contributed by atoms with van der Waals surface area (Å²) in [6.45, 7) is 5.89. The zero-order valence-corrected chi connectivity index (χ0v) is 14.0. The fourth-order valence-corrected chi connectivity index (χ4v) is 3.84. The van der Waals surface area contributed by atoms with Crippen LogP contribution in [-0.2, 0) is 4.74 Å². The highest BCUT2D eigenvalue weighted by molar-refractivity contribution is 4.96. The predicted octanol–water partition coefficient (Wildman–Crippen LogP) is 3.65. The lowest BCUT2D eigenvalue weighted by Gasteiger charge is -2.44. The van der Waals surface area contributed by atoms with Gasteiger partial charge < -0.3 is 0 Å². The van der Waals surface area contributed by atoms with Crippen LogP contribution in [0.15, 0.2) is 0 Å². The van der Waals surface area contributed by atoms with Gasteiger partial charge in [0, 0.05) is 25.2 Å². The first-order chi connectivity index (χ1) is 10.9. The van der Waals surface area contributed by atoms with Crippen molar-refractivity contribution < 1.29 is 31.1 Å². The van der Waals surface area contributed by atoms with E-state index in [4.69, 9.17) is 0 Å². The fraction of sp³-hybridized carbons (Fsp3) is 1.00. The summed E-state index contributed by atoms with van der Waals surface area (Å²) in [5, 5.41) is 0. The third kappa shape index (κ3) is 4.76. The third-order valence-electron chi connectivity index (χ3n) is 5.00. The van der Waals surface area contributed by atoms with Crippen LogP contribution in [0.4, 0.5) is 26.3 Å². The Bertz CT molecular complexity index is 419. The van der Waals surface area contributed by atoms with Gasteiger partial charge in [0.05, 0.1) is 6.10 Å². The van der Waals surface area contributed by atoms with Crippen molar-refractivity contribution in [3.8, 4) is 0 Å². The minimum absolute atomic E-state index is 0.109. The fourth-order valence-electron chi connectivity index (χ4n) is 3.84. The maximum atomic E-state index is 13.4. The SMILES string of the molecule is CC(CC1CCN(C(C)C)C1C(F)(F)F)N1CC(OC(F)(F)F)C1. The number of halogens is 6. The second kappa shape index (κ2) is 6.99. The van der Waals surface area contributed by atoms with Gasteiger partial charge in [-0.05, 0) is 46.1 Å². The van der Waals surface area contributed by atoms with E-state index in [1.807, 2.05) is 0 Å². The molecule has 0 aromatic rings. The summed E-state index contributed by atoms with van der Waals surface area (Å²) in [6, 6.07) is -1.85. The Morgan fingerprint density at radius 2 is 1.62 bits per heavy atom. The van der Waals surface area contributed by atoms with Gasteiger partial charge in [0.2, 0.25) is 0 Å². The van der Waals surface area contributed by atoms with E-state index in [1.54, 1.807) is 25.7 Å². The van der Waals surface area contributed by atoms with Gasteiger partial charge in [-0.2, -0.15) is 13.2 Å². The molecule has 0 aromatic heterocycles. The predicted molar refractivity (Wildman–Crippen MR) is 76.4 cm³/mol. The van der Waals surface area contributed by atoms with Gasteiger partial charge in [-0.3, -0.25) is 14.5 Å². The highest BCUT2D eigenvalue weighted by Gasteiger charge is 2.52. The lowest BCUT2D eigenvalue weighted by molar-refractivity contribution is -0.355. The van der Waals surface area contributed by atoms with Crippen LogP contribution >= 0.6 is 0 Å². The molecule has 0 radical (unpaired) electrons. The van der Waals surface area contributed by atoms with Crippen LogP contribution < -0.4 is 0 Å². The molecule has 9 heteroatoms. The normalized spacial score (nSPS) is 29.2. The number of nitrogens with zero attached hydrogens (tertiary/aromatic N) is 2. The van der Waals surface area contributed by atoms with Crippen molar-refractivity contribution in [2.75, 3.05) is 19.6 Å². The molecule has 0 aliphatic carbocycles. The van der Waals surface area contributed by atoms with Crippen molar-refractivity contribution in [2.24, 2.45) is 5.92 Å². The molecule has 3 nitrogen and oxygen atoms in total. The summed E-state index contributed by atoms with van der Waals surface area (Å²) in [5.74, 6) is -0.523. The smallest absolute Gasteiger partial charge is 0.295 e. The van der Waals surface area contributed by atoms with Gasteiger partial charge in [-0.25, -0.2) is 0 Å². The zero-order chi connectivity index (χ0) is 18.3. The van der Waals surface area contributed by atoms with E-state index in [-0.39, 0.29) is 25.2 Å². The van der Waals surface area contributed by atoms with Gasteiger partial charge in [0.1, 0.15) is 6.04 Å². The van der Waals surface area contributed by atoms with E-state index in [0.717, 1.165) is 0 Å². The molecule has 2 heterocycles. The highest BCUT2D eigenvalue weighted by atomic mass is 19.4. The Kier molecular flexibility index (Phi) is 5.76. The average Bonchev–Trinajstić information content (AvgIpc) is 2.75. The monoisotopic (exact) mass is 362 g/mol. The highest BCUT2D eigenvalue weighted by Crippen LogP contribution is 2.40. The molecule has 0 spiro atoms. The molecule has 2 aliphatic heterocycles. The molecule has 2 fully saturated rings. The molecule has 142 valence electrons. The van der Waals surface area contributed by atoms with Crippen molar-refractivity contribution in [2.45, 2.75) is 70.4 Å². The zero-order valence-electron chi connectivity index (χ0n) is 14.0. The first-order valence-corrected chi connectivity index (χ1v) is 8.19. The molecule has 2 saturated heterocycles. The Morgan fingerprint density at radius 3 is 2.08 bits per heavy atom. The molecule has 0 saturated carbocycles. The first kappa shape index (κ1) is 19.8. The number of alkyl halides is 6. The maximum Gasteiger partial charge on any atom is 0.522 e. The number of hydrogen-bond acceptors (Lipinski definition) is 3. The number of rotatable bonds is 5. The summed E-state index contributed by atoms with van der Waals surface area (Å²) < 4.78 is 80.5. The second-order valence-corrected chi connectivity index (χ2v) is 7.09. The van der Waals surface area contributed by atoms with Crippen molar-refractivity contribution in [3.05, 3.63) is 0 Å². The van der Waals surface area contributed by atoms with Gasteiger partial charge in [0.25, 0.3) is 0 Å². The Balaban J connectivity index is 1.89. The standard InChI is InChI=1S/C15H24F6N2O/c1-9(2)23-5-4-11(13(23)14(16,17)18)6-10(3)22-7-12(8-22)24-15(19,20)21/h9-13H,4-8H2,1-3H3. The lowest BCUT2D eigenvalue weighted by Crippen LogP contribution is -2.57. The lowest BCUT2D eigenvalue weighted by atomic mass is 9.90. The van der Waals surface area contributed by atoms with E-state index in [9.17, 15) is 26.3 Å². The van der Waals surface area contributed by atoms with Gasteiger partial charge in [-0.1, -0.05) is 0 Å². The number of ether oxygens (including phenoxy) is 1. The van der Waals surface area contributed by atoms with Crippen LogP contribution in [0.25, 0.3) is 0 Å². The van der Waals surface area contributed by atoms with E-state index in [0.29, 0.717) is 19.4 Å². The Labute approximate surface area is 137 Å². The van der Waals surface area contributed by atoms with Crippen LogP contribution in [0.2, 0.25) is 0 Å². The van der Waals surface area contributed by atoms with Gasteiger partial charge >= 0.3 is 12.5 Å². The van der Waals surface area contributed by atoms with Gasteiger partial charge in [0.15, 0.2) is 0 Å². The number of hydrogen-bond donors (Lipinski definition) is 0. The molecule has 24 heavy (non-hydrogen) atoms. The molecule has 0 aromatic carbocycles. The minimum Gasteiger partial charge on any atom is -0.295 e. The minimum atomic E-state index is -4.66. The molecular weight excluding hydrogens is 338 g/mol. The molecule has 3 atom stereocenters. The van der Waals surface area contributed by atoms with Crippen molar-refractivity contribution in [1.29, 1.82) is 0 Å². The van der Waals surface area contributed by atoms with E-state index in [2.05, 4.69) is 4.74 Å². The van der Waals surface area contributed by atoms with E-state index in [1.165, 1.54) is 4.90 Å². The van der Waals surface area contributed by atoms with E-state index >= 15 is 0 Å². The number of likely N-dealkylation sites (tertiary alicyclic amines) is 2. The molecule has 0 amide bonds. The van der Waals surface area contributed by atoms with Crippen LogP contribution in [-0.4, -0.2) is 66.2 Å². The van der Waals surface area contributed by atoms with Crippen molar-refractivity contribution >= 4 is 0 Å². The van der Waals surface area contributed by atoms with Crippen molar-refractivity contribution in [3.63, 3.8) is 0 Å². The maximum absolute atomic E-state index is 13.4. The van der Waals surface area contributed by atoms with Crippen LogP contribution in [0.3, 0.4) is 0 Å². The third-order valence-corrected chi connectivity index (χ3v) is 5.00. The average molecular weight is 362 g/mol. The summed E-state index contributed by atoms with van der Waals surface area (Å²) in [6.07, 6.45) is -9.08. The quantitative estimate of drug-likeness (QED) is 0.695. The largest absolute Gasteiger partial charge is 0.522 e. The summed E-state index contributed by atoms with van der Waals surface area (Å²) in [5.41, 5.74) is 0. The van der Waals surface area contributed by atoms with Crippen LogP contribution in [0, 0.1) is 5.92 Å².